The number of hydrogen-bond acceptors (Lipinski definition) is 4. The van der Waals surface area contributed by atoms with Crippen LogP contribution in [0.25, 0.3) is 0 Å². The molecule has 0 amide bonds. The maximum atomic E-state index is 10.3. The van der Waals surface area contributed by atoms with Gasteiger partial charge in [0, 0.05) is 19.7 Å². The van der Waals surface area contributed by atoms with Crippen LogP contribution in [-0.4, -0.2) is 48.1 Å². The Hall–Kier alpha value is -0.650. The van der Waals surface area contributed by atoms with Crippen molar-refractivity contribution in [3.8, 4) is 0 Å². The van der Waals surface area contributed by atoms with Crippen molar-refractivity contribution in [1.29, 1.82) is 0 Å². The summed E-state index contributed by atoms with van der Waals surface area (Å²) in [5, 5.41) is 20.9. The van der Waals surface area contributed by atoms with Crippen molar-refractivity contribution in [2.45, 2.75) is 43.9 Å². The number of aliphatic carboxylic acids is 1. The van der Waals surface area contributed by atoms with E-state index in [4.69, 9.17) is 9.84 Å². The zero-order valence-electron chi connectivity index (χ0n) is 8.98. The van der Waals surface area contributed by atoms with Crippen LogP contribution in [0.5, 0.6) is 0 Å². The summed E-state index contributed by atoms with van der Waals surface area (Å²) in [5.41, 5.74) is 0. The molecule has 0 aromatic carbocycles. The minimum absolute atomic E-state index is 0.201. The smallest absolute Gasteiger partial charge is 0.306 e. The van der Waals surface area contributed by atoms with Crippen molar-refractivity contribution in [1.82, 2.24) is 5.32 Å². The highest BCUT2D eigenvalue weighted by Gasteiger charge is 2.24. The van der Waals surface area contributed by atoms with Crippen molar-refractivity contribution in [2.75, 3.05) is 13.7 Å². The Balaban J connectivity index is 2.12. The molecule has 88 valence electrons. The molecule has 15 heavy (non-hydrogen) atoms. The molecular weight excluding hydrogens is 198 g/mol. The summed E-state index contributed by atoms with van der Waals surface area (Å²) in [6.45, 7) is 0.341. The van der Waals surface area contributed by atoms with Gasteiger partial charge in [-0.05, 0) is 19.3 Å². The van der Waals surface area contributed by atoms with E-state index in [0.717, 1.165) is 19.3 Å². The summed E-state index contributed by atoms with van der Waals surface area (Å²) < 4.78 is 5.22. The lowest BCUT2D eigenvalue weighted by molar-refractivity contribution is -0.139. The number of carboxylic acid groups (broad SMARTS) is 1. The van der Waals surface area contributed by atoms with Gasteiger partial charge in [-0.15, -0.1) is 0 Å². The Morgan fingerprint density at radius 3 is 2.87 bits per heavy atom. The van der Waals surface area contributed by atoms with Crippen molar-refractivity contribution in [3.63, 3.8) is 0 Å². The van der Waals surface area contributed by atoms with Crippen LogP contribution in [0.15, 0.2) is 0 Å². The molecule has 0 aliphatic heterocycles. The normalized spacial score (nSPS) is 27.9. The lowest BCUT2D eigenvalue weighted by atomic mass is 10.2. The Morgan fingerprint density at radius 2 is 2.33 bits per heavy atom. The zero-order valence-corrected chi connectivity index (χ0v) is 8.98. The van der Waals surface area contributed by atoms with Gasteiger partial charge in [0.1, 0.15) is 0 Å². The fraction of sp³-hybridized carbons (Fsp3) is 0.900. The number of aliphatic hydroxyl groups excluding tert-OH is 1. The van der Waals surface area contributed by atoms with Crippen LogP contribution in [0.4, 0.5) is 0 Å². The van der Waals surface area contributed by atoms with Crippen molar-refractivity contribution in [3.05, 3.63) is 0 Å². The van der Waals surface area contributed by atoms with Crippen molar-refractivity contribution >= 4 is 5.97 Å². The summed E-state index contributed by atoms with van der Waals surface area (Å²) in [6, 6.07) is 0.346. The topological polar surface area (TPSA) is 78.8 Å². The van der Waals surface area contributed by atoms with Crippen molar-refractivity contribution < 1.29 is 19.7 Å². The van der Waals surface area contributed by atoms with E-state index < -0.39 is 12.1 Å². The summed E-state index contributed by atoms with van der Waals surface area (Å²) in [5.74, 6) is -0.967. The predicted molar refractivity (Wildman–Crippen MR) is 54.7 cm³/mol. The van der Waals surface area contributed by atoms with Crippen LogP contribution in [0, 0.1) is 0 Å². The molecule has 5 heteroatoms. The van der Waals surface area contributed by atoms with Gasteiger partial charge >= 0.3 is 5.97 Å². The van der Waals surface area contributed by atoms with Gasteiger partial charge in [-0.25, -0.2) is 0 Å². The Kier molecular flexibility index (Phi) is 5.01. The monoisotopic (exact) mass is 217 g/mol. The quantitative estimate of drug-likeness (QED) is 0.582. The van der Waals surface area contributed by atoms with E-state index in [-0.39, 0.29) is 6.42 Å². The number of methoxy groups -OCH3 is 1. The van der Waals surface area contributed by atoms with Crippen LogP contribution >= 0.6 is 0 Å². The molecule has 1 aliphatic carbocycles. The first-order valence-corrected chi connectivity index (χ1v) is 5.28. The second-order valence-electron chi connectivity index (χ2n) is 4.03. The van der Waals surface area contributed by atoms with Crippen LogP contribution in [0.1, 0.15) is 25.7 Å². The third-order valence-corrected chi connectivity index (χ3v) is 2.77. The molecule has 0 aromatic rings. The summed E-state index contributed by atoms with van der Waals surface area (Å²) in [6.07, 6.45) is 2.30. The van der Waals surface area contributed by atoms with E-state index in [2.05, 4.69) is 5.32 Å². The average Bonchev–Trinajstić information content (AvgIpc) is 2.61. The van der Waals surface area contributed by atoms with Gasteiger partial charge in [0.25, 0.3) is 0 Å². The third kappa shape index (κ3) is 4.59. The molecule has 1 fully saturated rings. The minimum atomic E-state index is -0.967. The molecule has 3 N–H and O–H groups in total. The first-order valence-electron chi connectivity index (χ1n) is 5.28. The van der Waals surface area contributed by atoms with E-state index in [0.29, 0.717) is 18.7 Å². The van der Waals surface area contributed by atoms with E-state index in [1.165, 1.54) is 0 Å². The molecule has 1 saturated carbocycles. The van der Waals surface area contributed by atoms with Gasteiger partial charge in [-0.2, -0.15) is 0 Å². The highest BCUT2D eigenvalue weighted by molar-refractivity contribution is 5.67. The second-order valence-corrected chi connectivity index (χ2v) is 4.03. The van der Waals surface area contributed by atoms with E-state index in [9.17, 15) is 9.90 Å². The Bertz CT molecular complexity index is 210. The molecular formula is C10H19NO4. The Morgan fingerprint density at radius 1 is 1.60 bits per heavy atom. The van der Waals surface area contributed by atoms with Gasteiger partial charge < -0.3 is 20.3 Å². The molecule has 0 saturated heterocycles. The summed E-state index contributed by atoms with van der Waals surface area (Å²) in [4.78, 5) is 10.3. The standard InChI is InChI=1S/C10H19NO4/c1-15-9-3-2-7(4-9)11-6-8(12)5-10(13)14/h7-9,11-12H,2-6H2,1H3,(H,13,14). The van der Waals surface area contributed by atoms with Gasteiger partial charge in [0.15, 0.2) is 0 Å². The first kappa shape index (κ1) is 12.4. The van der Waals surface area contributed by atoms with Gasteiger partial charge in [0.05, 0.1) is 18.6 Å². The van der Waals surface area contributed by atoms with E-state index in [1.807, 2.05) is 0 Å². The molecule has 0 spiro atoms. The molecule has 1 aliphatic rings. The van der Waals surface area contributed by atoms with Crippen LogP contribution in [-0.2, 0) is 9.53 Å². The summed E-state index contributed by atoms with van der Waals surface area (Å²) >= 11 is 0. The van der Waals surface area contributed by atoms with Crippen LogP contribution < -0.4 is 5.32 Å². The van der Waals surface area contributed by atoms with E-state index in [1.54, 1.807) is 7.11 Å². The van der Waals surface area contributed by atoms with E-state index >= 15 is 0 Å². The maximum absolute atomic E-state index is 10.3. The SMILES string of the molecule is COC1CCC(NCC(O)CC(=O)O)C1. The van der Waals surface area contributed by atoms with Gasteiger partial charge in [-0.1, -0.05) is 0 Å². The lowest BCUT2D eigenvalue weighted by Crippen LogP contribution is -2.35. The second kappa shape index (κ2) is 6.05. The molecule has 3 atom stereocenters. The molecule has 0 radical (unpaired) electrons. The molecule has 1 rings (SSSR count). The third-order valence-electron chi connectivity index (χ3n) is 2.77. The van der Waals surface area contributed by atoms with Gasteiger partial charge in [0.2, 0.25) is 0 Å². The number of carboxylic acids is 1. The number of nitrogens with one attached hydrogen (secondary N) is 1. The molecule has 0 heterocycles. The zero-order chi connectivity index (χ0) is 11.3. The van der Waals surface area contributed by atoms with Gasteiger partial charge in [-0.3, -0.25) is 4.79 Å². The number of ether oxygens (including phenoxy) is 1. The highest BCUT2D eigenvalue weighted by Crippen LogP contribution is 2.21. The molecule has 0 aromatic heterocycles. The fourth-order valence-electron chi connectivity index (χ4n) is 1.92. The largest absolute Gasteiger partial charge is 0.481 e. The number of carbonyl (C=O) groups is 1. The average molecular weight is 217 g/mol. The van der Waals surface area contributed by atoms with Crippen LogP contribution in [0.2, 0.25) is 0 Å². The number of hydrogen-bond donors (Lipinski definition) is 3. The molecule has 5 nitrogen and oxygen atoms in total. The molecule has 0 bridgehead atoms. The first-order chi connectivity index (χ1) is 7.11. The number of aliphatic hydroxyl groups is 1. The fourth-order valence-corrected chi connectivity index (χ4v) is 1.92. The van der Waals surface area contributed by atoms with Crippen LogP contribution in [0.3, 0.4) is 0 Å². The molecule has 3 unspecified atom stereocenters. The predicted octanol–water partition coefficient (Wildman–Crippen LogP) is -0.0209. The minimum Gasteiger partial charge on any atom is -0.481 e. The Labute approximate surface area is 89.4 Å². The number of rotatable bonds is 6. The lowest BCUT2D eigenvalue weighted by Gasteiger charge is -2.15. The highest BCUT2D eigenvalue weighted by atomic mass is 16.5. The van der Waals surface area contributed by atoms with Crippen molar-refractivity contribution in [2.24, 2.45) is 0 Å². The maximum Gasteiger partial charge on any atom is 0.306 e. The summed E-state index contributed by atoms with van der Waals surface area (Å²) in [7, 11) is 1.70.